The number of nitrogens with zero attached hydrogens (tertiary/aromatic N) is 5. The van der Waals surface area contributed by atoms with Gasteiger partial charge in [-0.05, 0) is 72.4 Å². The lowest BCUT2D eigenvalue weighted by molar-refractivity contribution is -0.432. The standard InChI is InChI=1S/C28H22N6O11S3/c1-13-17-12-19(46-45-44-37)24(33-31-15-6-4-3-5-7-15)27(35)16(17)8-9-18(13)32-34-26-21(48(41,42)43)11-14-10-20(47(38,39)40)25(30-2)23(29)22(14)28(26)36/h3-12,35-37H,2,29H2,1H3,(H,38,39,40)(H,41,42,43). The highest BCUT2D eigenvalue weighted by Crippen LogP contribution is 2.49. The van der Waals surface area contributed by atoms with Crippen molar-refractivity contribution < 1.29 is 50.8 Å². The molecule has 0 atom stereocenters. The van der Waals surface area contributed by atoms with Crippen LogP contribution < -0.4 is 5.73 Å². The van der Waals surface area contributed by atoms with Crippen molar-refractivity contribution in [3.63, 3.8) is 0 Å². The number of phenols is 2. The largest absolute Gasteiger partial charge is 0.505 e. The maximum atomic E-state index is 12.4. The predicted octanol–water partition coefficient (Wildman–Crippen LogP) is 7.38. The van der Waals surface area contributed by atoms with Gasteiger partial charge in [0.15, 0.2) is 11.5 Å². The maximum absolute atomic E-state index is 12.4. The minimum absolute atomic E-state index is 0.0239. The highest BCUT2D eigenvalue weighted by molar-refractivity contribution is 7.94. The first-order valence-corrected chi connectivity index (χ1v) is 16.7. The Morgan fingerprint density at radius 1 is 0.792 bits per heavy atom. The van der Waals surface area contributed by atoms with Crippen molar-refractivity contribution in [1.82, 2.24) is 0 Å². The molecule has 5 rings (SSSR count). The van der Waals surface area contributed by atoms with Crippen molar-refractivity contribution in [3.8, 4) is 11.5 Å². The van der Waals surface area contributed by atoms with E-state index in [1.807, 2.05) is 0 Å². The van der Waals surface area contributed by atoms with Crippen molar-refractivity contribution in [2.75, 3.05) is 5.73 Å². The van der Waals surface area contributed by atoms with Crippen molar-refractivity contribution in [2.24, 2.45) is 25.4 Å². The molecule has 0 unspecified atom stereocenters. The molecule has 0 saturated heterocycles. The van der Waals surface area contributed by atoms with Gasteiger partial charge in [0.05, 0.1) is 39.4 Å². The molecule has 7 N–H and O–H groups in total. The quantitative estimate of drug-likeness (QED) is 0.0157. The third-order valence-electron chi connectivity index (χ3n) is 6.94. The van der Waals surface area contributed by atoms with Gasteiger partial charge in [-0.1, -0.05) is 23.2 Å². The van der Waals surface area contributed by atoms with Crippen molar-refractivity contribution in [1.29, 1.82) is 0 Å². The Bertz CT molecular complexity index is 2400. The number of aromatic hydroxyl groups is 2. The molecule has 0 fully saturated rings. The van der Waals surface area contributed by atoms with E-state index in [0.717, 1.165) is 12.1 Å². The summed E-state index contributed by atoms with van der Waals surface area (Å²) in [5.74, 6) is -1.24. The first-order valence-electron chi connectivity index (χ1n) is 13.0. The molecular formula is C28H22N6O11S3. The highest BCUT2D eigenvalue weighted by atomic mass is 32.2. The average molecular weight is 715 g/mol. The summed E-state index contributed by atoms with van der Waals surface area (Å²) in [6.07, 6.45) is 0. The van der Waals surface area contributed by atoms with Crippen LogP contribution in [0.5, 0.6) is 11.5 Å². The normalized spacial score (nSPS) is 12.5. The Labute approximate surface area is 275 Å². The number of nitrogen functional groups attached to an aromatic ring is 1. The van der Waals surface area contributed by atoms with E-state index in [1.165, 1.54) is 18.2 Å². The van der Waals surface area contributed by atoms with Crippen LogP contribution in [-0.2, 0) is 29.6 Å². The van der Waals surface area contributed by atoms with Crippen LogP contribution in [0, 0.1) is 6.92 Å². The smallest absolute Gasteiger partial charge is 0.296 e. The maximum Gasteiger partial charge on any atom is 0.296 e. The second-order valence-electron chi connectivity index (χ2n) is 9.75. The Hall–Kier alpha value is -5.06. The predicted molar refractivity (Wildman–Crippen MR) is 175 cm³/mol. The molecule has 17 nitrogen and oxygen atoms in total. The Morgan fingerprint density at radius 2 is 1.42 bits per heavy atom. The van der Waals surface area contributed by atoms with Crippen LogP contribution in [0.25, 0.3) is 21.5 Å². The number of phenolic OH excluding ortho intramolecular Hbond substituents is 2. The molecular weight excluding hydrogens is 693 g/mol. The molecule has 5 aromatic rings. The first-order chi connectivity index (χ1) is 22.7. The van der Waals surface area contributed by atoms with Gasteiger partial charge in [0, 0.05) is 5.39 Å². The molecule has 48 heavy (non-hydrogen) atoms. The fraction of sp³-hybridized carbons (Fsp3) is 0.0357. The molecule has 0 aliphatic heterocycles. The first kappa shape index (κ1) is 34.3. The van der Waals surface area contributed by atoms with E-state index in [-0.39, 0.29) is 38.2 Å². The zero-order chi connectivity index (χ0) is 35.0. The zero-order valence-electron chi connectivity index (χ0n) is 24.2. The minimum Gasteiger partial charge on any atom is -0.505 e. The Morgan fingerprint density at radius 3 is 2.02 bits per heavy atom. The highest BCUT2D eigenvalue weighted by Gasteiger charge is 2.27. The van der Waals surface area contributed by atoms with Gasteiger partial charge in [-0.15, -0.1) is 14.6 Å². The Balaban J connectivity index is 1.69. The molecule has 0 aliphatic carbocycles. The van der Waals surface area contributed by atoms with Crippen LogP contribution in [0.1, 0.15) is 5.56 Å². The lowest BCUT2D eigenvalue weighted by Gasteiger charge is -2.14. The van der Waals surface area contributed by atoms with Crippen molar-refractivity contribution >= 4 is 94.7 Å². The van der Waals surface area contributed by atoms with Gasteiger partial charge in [-0.3, -0.25) is 14.1 Å². The van der Waals surface area contributed by atoms with Gasteiger partial charge in [0.25, 0.3) is 20.2 Å². The fourth-order valence-electron chi connectivity index (χ4n) is 4.74. The number of fused-ring (bicyclic) bond motifs is 2. The molecule has 0 radical (unpaired) electrons. The van der Waals surface area contributed by atoms with Crippen LogP contribution in [0.2, 0.25) is 0 Å². The van der Waals surface area contributed by atoms with Crippen LogP contribution in [-0.4, -0.2) is 48.1 Å². The zero-order valence-corrected chi connectivity index (χ0v) is 26.7. The third-order valence-corrected chi connectivity index (χ3v) is 9.29. The summed E-state index contributed by atoms with van der Waals surface area (Å²) in [7, 11) is -10.1. The lowest BCUT2D eigenvalue weighted by atomic mass is 10.0. The van der Waals surface area contributed by atoms with E-state index < -0.39 is 52.8 Å². The summed E-state index contributed by atoms with van der Waals surface area (Å²) in [5, 5.41) is 50.9. The molecule has 0 aliphatic rings. The molecule has 0 heterocycles. The number of benzene rings is 5. The summed E-state index contributed by atoms with van der Waals surface area (Å²) >= 11 is 0.506. The van der Waals surface area contributed by atoms with Gasteiger partial charge in [-0.2, -0.15) is 27.1 Å². The molecule has 20 heteroatoms. The number of azo groups is 2. The number of anilines is 1. The van der Waals surface area contributed by atoms with Crippen LogP contribution >= 0.6 is 12.0 Å². The summed E-state index contributed by atoms with van der Waals surface area (Å²) in [4.78, 5) is 1.87. The number of rotatable bonds is 10. The van der Waals surface area contributed by atoms with Gasteiger partial charge in [0.2, 0.25) is 0 Å². The summed E-state index contributed by atoms with van der Waals surface area (Å²) in [6.45, 7) is 4.81. The molecule has 248 valence electrons. The van der Waals surface area contributed by atoms with Crippen molar-refractivity contribution in [3.05, 3.63) is 66.2 Å². The van der Waals surface area contributed by atoms with E-state index in [1.54, 1.807) is 37.3 Å². The lowest BCUT2D eigenvalue weighted by Crippen LogP contribution is -2.03. The summed E-state index contributed by atoms with van der Waals surface area (Å²) in [6, 6.07) is 14.6. The van der Waals surface area contributed by atoms with Crippen LogP contribution in [0.3, 0.4) is 0 Å². The number of nitrogens with two attached hydrogens (primary N) is 1. The SMILES string of the molecule is C=Nc1c(S(=O)(=O)O)cc2cc(S(=O)(=O)O)c(N=Nc3ccc4c(O)c(N=Nc5ccccc5)c(SOOO)cc4c3C)c(O)c2c1N. The average Bonchev–Trinajstić information content (AvgIpc) is 3.03. The summed E-state index contributed by atoms with van der Waals surface area (Å²) < 4.78 is 72.7. The molecule has 0 spiro atoms. The topological polar surface area (TPSA) is 276 Å². The number of aryl methyl sites for hydroxylation is 1. The van der Waals surface area contributed by atoms with E-state index in [9.17, 15) is 36.2 Å². The number of aliphatic imine (C=N–C) groups is 1. The Kier molecular flexibility index (Phi) is 9.44. The van der Waals surface area contributed by atoms with Gasteiger partial charge in [0.1, 0.15) is 26.9 Å². The molecule has 0 saturated carbocycles. The summed E-state index contributed by atoms with van der Waals surface area (Å²) in [5.41, 5.74) is 5.18. The monoisotopic (exact) mass is 714 g/mol. The fourth-order valence-corrected chi connectivity index (χ4v) is 6.58. The second-order valence-corrected chi connectivity index (χ2v) is 13.3. The minimum atomic E-state index is -5.13. The molecule has 0 amide bonds. The number of hydrogen-bond donors (Lipinski definition) is 6. The number of hydrogen-bond acceptors (Lipinski definition) is 16. The van der Waals surface area contributed by atoms with Crippen LogP contribution in [0.15, 0.2) is 101 Å². The van der Waals surface area contributed by atoms with Gasteiger partial charge in [-0.25, -0.2) is 5.26 Å². The van der Waals surface area contributed by atoms with Gasteiger partial charge < -0.3 is 15.9 Å². The van der Waals surface area contributed by atoms with E-state index in [4.69, 9.17) is 11.0 Å². The third kappa shape index (κ3) is 6.54. The molecule has 0 aromatic heterocycles. The van der Waals surface area contributed by atoms with E-state index in [0.29, 0.717) is 28.7 Å². The van der Waals surface area contributed by atoms with E-state index >= 15 is 0 Å². The van der Waals surface area contributed by atoms with Crippen molar-refractivity contribution in [2.45, 2.75) is 21.6 Å². The van der Waals surface area contributed by atoms with Crippen LogP contribution in [0.4, 0.5) is 34.1 Å². The second kappa shape index (κ2) is 13.2. The van der Waals surface area contributed by atoms with E-state index in [2.05, 4.69) is 41.5 Å². The van der Waals surface area contributed by atoms with Gasteiger partial charge >= 0.3 is 0 Å². The molecule has 5 aromatic carbocycles. The molecule has 0 bridgehead atoms.